The second kappa shape index (κ2) is 15.5. The van der Waals surface area contributed by atoms with E-state index < -0.39 is 18.1 Å². The van der Waals surface area contributed by atoms with E-state index in [1.807, 2.05) is 60.7 Å². The topological polar surface area (TPSA) is 177 Å². The van der Waals surface area contributed by atoms with Crippen molar-refractivity contribution in [2.45, 2.75) is 44.8 Å². The largest absolute Gasteiger partial charge is 0.490 e. The number of fused-ring (bicyclic) bond motifs is 2. The standard InChI is InChI=1S/C29H33N5O4.C2HF3O2/c30-29(31)32-15-5-1-2-7-20-12-13-25-24(17-20)28(38)33(16-14-27(36)37)19-26(35)34(25)18-22-10-6-9-21-8-3-4-11-23(21)22;3-2(4,5)1(6)7/h3-4,6,8-13,17H,1-2,5,7,14-16,18-19H2,(H,36,37)(H4,30,31,32);(H,6,7). The molecule has 0 atom stereocenters. The van der Waals surface area contributed by atoms with E-state index in [4.69, 9.17) is 21.0 Å². The van der Waals surface area contributed by atoms with Crippen LogP contribution in [0.2, 0.25) is 0 Å². The number of unbranched alkanes of at least 4 members (excludes halogenated alkanes) is 2. The van der Waals surface area contributed by atoms with Gasteiger partial charge >= 0.3 is 18.1 Å². The SMILES string of the molecule is N=C(N)NCCCCCc1ccc2c(c1)C(=O)N(CCC(=O)O)CC(=O)N2Cc1cccc2ccccc12.O=C(O)C(F)(F)F. The lowest BCUT2D eigenvalue weighted by Gasteiger charge is -2.24. The zero-order valence-corrected chi connectivity index (χ0v) is 24.3. The fraction of sp³-hybridized carbons (Fsp3) is 0.323. The Morgan fingerprint density at radius 3 is 2.33 bits per heavy atom. The van der Waals surface area contributed by atoms with Crippen LogP contribution >= 0.6 is 0 Å². The van der Waals surface area contributed by atoms with Crippen molar-refractivity contribution in [1.82, 2.24) is 10.2 Å². The molecule has 6 N–H and O–H groups in total. The Morgan fingerprint density at radius 1 is 0.978 bits per heavy atom. The number of hydrogen-bond donors (Lipinski definition) is 5. The average Bonchev–Trinajstić information content (AvgIpc) is 3.07. The highest BCUT2D eigenvalue weighted by atomic mass is 19.4. The van der Waals surface area contributed by atoms with E-state index in [1.54, 1.807) is 4.90 Å². The summed E-state index contributed by atoms with van der Waals surface area (Å²) in [5.74, 6) is -4.39. The Kier molecular flexibility index (Phi) is 11.9. The first-order valence-electron chi connectivity index (χ1n) is 14.1. The van der Waals surface area contributed by atoms with Gasteiger partial charge in [-0.2, -0.15) is 13.2 Å². The van der Waals surface area contributed by atoms with Gasteiger partial charge < -0.3 is 31.1 Å². The number of amides is 2. The number of hydrogen-bond acceptors (Lipinski definition) is 5. The first kappa shape index (κ1) is 34.4. The van der Waals surface area contributed by atoms with E-state index in [1.165, 1.54) is 4.90 Å². The quantitative estimate of drug-likeness (QED) is 0.119. The number of carbonyl (C=O) groups is 4. The van der Waals surface area contributed by atoms with Crippen LogP contribution in [0.5, 0.6) is 0 Å². The second-order valence-corrected chi connectivity index (χ2v) is 10.3. The van der Waals surface area contributed by atoms with Gasteiger partial charge in [0, 0.05) is 13.1 Å². The zero-order chi connectivity index (χ0) is 33.1. The molecular formula is C31H34F3N5O6. The normalized spacial score (nSPS) is 13.0. The van der Waals surface area contributed by atoms with Crippen molar-refractivity contribution in [3.8, 4) is 0 Å². The van der Waals surface area contributed by atoms with E-state index in [2.05, 4.69) is 5.32 Å². The van der Waals surface area contributed by atoms with E-state index in [9.17, 15) is 32.7 Å². The molecule has 0 fully saturated rings. The second-order valence-electron chi connectivity index (χ2n) is 10.3. The number of benzene rings is 3. The van der Waals surface area contributed by atoms with Crippen molar-refractivity contribution in [2.75, 3.05) is 24.5 Å². The van der Waals surface area contributed by atoms with Gasteiger partial charge in [0.2, 0.25) is 5.91 Å². The van der Waals surface area contributed by atoms with Crippen LogP contribution in [-0.4, -0.2) is 70.6 Å². The van der Waals surface area contributed by atoms with Crippen molar-refractivity contribution >= 4 is 46.2 Å². The third-order valence-electron chi connectivity index (χ3n) is 7.00. The number of rotatable bonds is 11. The van der Waals surface area contributed by atoms with E-state index in [0.717, 1.165) is 47.6 Å². The molecule has 45 heavy (non-hydrogen) atoms. The lowest BCUT2D eigenvalue weighted by molar-refractivity contribution is -0.192. The molecule has 3 aromatic carbocycles. The Hall–Kier alpha value is -5.14. The number of aliphatic carboxylic acids is 2. The minimum absolute atomic E-state index is 0.0329. The maximum absolute atomic E-state index is 13.6. The van der Waals surface area contributed by atoms with Crippen molar-refractivity contribution in [3.05, 3.63) is 77.4 Å². The van der Waals surface area contributed by atoms with Gasteiger partial charge in [0.1, 0.15) is 6.54 Å². The molecule has 2 amide bonds. The Labute approximate surface area is 256 Å². The number of alkyl halides is 3. The number of nitrogens with zero attached hydrogens (tertiary/aromatic N) is 2. The van der Waals surface area contributed by atoms with Gasteiger partial charge in [-0.05, 0) is 53.3 Å². The smallest absolute Gasteiger partial charge is 0.481 e. The van der Waals surface area contributed by atoms with Gasteiger partial charge in [-0.1, -0.05) is 55.0 Å². The van der Waals surface area contributed by atoms with Crippen LogP contribution in [-0.2, 0) is 27.3 Å². The monoisotopic (exact) mass is 629 g/mol. The lowest BCUT2D eigenvalue weighted by Crippen LogP contribution is -2.40. The average molecular weight is 630 g/mol. The molecule has 0 saturated heterocycles. The molecule has 1 heterocycles. The van der Waals surface area contributed by atoms with E-state index in [-0.39, 0.29) is 37.3 Å². The Bertz CT molecular complexity index is 1560. The number of aryl methyl sites for hydroxylation is 1. The van der Waals surface area contributed by atoms with Crippen molar-refractivity contribution in [3.63, 3.8) is 0 Å². The fourth-order valence-electron chi connectivity index (χ4n) is 4.81. The van der Waals surface area contributed by atoms with Gasteiger partial charge in [0.15, 0.2) is 5.96 Å². The molecule has 14 heteroatoms. The molecule has 0 saturated carbocycles. The molecule has 0 radical (unpaired) electrons. The molecule has 11 nitrogen and oxygen atoms in total. The summed E-state index contributed by atoms with van der Waals surface area (Å²) in [6.45, 7) is 0.733. The number of carbonyl (C=O) groups excluding carboxylic acids is 2. The minimum atomic E-state index is -5.08. The first-order valence-corrected chi connectivity index (χ1v) is 14.1. The summed E-state index contributed by atoms with van der Waals surface area (Å²) in [7, 11) is 0. The van der Waals surface area contributed by atoms with E-state index >= 15 is 0 Å². The number of anilines is 1. The summed E-state index contributed by atoms with van der Waals surface area (Å²) in [5, 5.41) is 28.4. The molecular weight excluding hydrogens is 595 g/mol. The maximum Gasteiger partial charge on any atom is 0.490 e. The van der Waals surface area contributed by atoms with Crippen LogP contribution in [0.3, 0.4) is 0 Å². The fourth-order valence-corrected chi connectivity index (χ4v) is 4.81. The molecule has 0 aromatic heterocycles. The summed E-state index contributed by atoms with van der Waals surface area (Å²) in [6, 6.07) is 19.6. The Morgan fingerprint density at radius 2 is 1.67 bits per heavy atom. The van der Waals surface area contributed by atoms with Gasteiger partial charge in [-0.15, -0.1) is 0 Å². The predicted octanol–water partition coefficient (Wildman–Crippen LogP) is 4.13. The third kappa shape index (κ3) is 9.95. The van der Waals surface area contributed by atoms with E-state index in [0.29, 0.717) is 24.3 Å². The van der Waals surface area contributed by atoms with Gasteiger partial charge in [-0.25, -0.2) is 4.79 Å². The summed E-state index contributed by atoms with van der Waals surface area (Å²) in [4.78, 5) is 50.1. The molecule has 3 aromatic rings. The number of guanidine groups is 1. The molecule has 4 rings (SSSR count). The van der Waals surface area contributed by atoms with Crippen molar-refractivity contribution < 1.29 is 42.6 Å². The molecule has 0 bridgehead atoms. The number of nitrogens with two attached hydrogens (primary N) is 1. The number of carboxylic acid groups (broad SMARTS) is 2. The van der Waals surface area contributed by atoms with Crippen LogP contribution in [0.1, 0.15) is 47.2 Å². The molecule has 1 aliphatic rings. The zero-order valence-electron chi connectivity index (χ0n) is 24.3. The maximum atomic E-state index is 13.6. The van der Waals surface area contributed by atoms with Gasteiger partial charge in [0.25, 0.3) is 5.91 Å². The summed E-state index contributed by atoms with van der Waals surface area (Å²) >= 11 is 0. The Balaban J connectivity index is 0.000000707. The summed E-state index contributed by atoms with van der Waals surface area (Å²) in [6.07, 6.45) is -1.85. The summed E-state index contributed by atoms with van der Waals surface area (Å²) in [5.41, 5.74) is 8.22. The molecule has 0 unspecified atom stereocenters. The third-order valence-corrected chi connectivity index (χ3v) is 7.00. The lowest BCUT2D eigenvalue weighted by atomic mass is 10.0. The van der Waals surface area contributed by atoms with Gasteiger partial charge in [-0.3, -0.25) is 19.8 Å². The molecule has 1 aliphatic heterocycles. The molecule has 0 spiro atoms. The molecule has 240 valence electrons. The molecule has 0 aliphatic carbocycles. The van der Waals surface area contributed by atoms with Crippen LogP contribution in [0.25, 0.3) is 10.8 Å². The van der Waals surface area contributed by atoms with Crippen LogP contribution in [0.15, 0.2) is 60.7 Å². The first-order chi connectivity index (χ1) is 21.3. The number of carboxylic acids is 2. The van der Waals surface area contributed by atoms with Crippen LogP contribution in [0, 0.1) is 5.41 Å². The summed E-state index contributed by atoms with van der Waals surface area (Å²) < 4.78 is 31.7. The highest BCUT2D eigenvalue weighted by Crippen LogP contribution is 2.31. The van der Waals surface area contributed by atoms with Crippen LogP contribution < -0.4 is 16.0 Å². The predicted molar refractivity (Wildman–Crippen MR) is 161 cm³/mol. The number of halogens is 3. The van der Waals surface area contributed by atoms with Crippen LogP contribution in [0.4, 0.5) is 18.9 Å². The highest BCUT2D eigenvalue weighted by Gasteiger charge is 2.38. The minimum Gasteiger partial charge on any atom is -0.481 e. The number of nitrogens with one attached hydrogen (secondary N) is 2. The highest BCUT2D eigenvalue weighted by molar-refractivity contribution is 6.10. The van der Waals surface area contributed by atoms with Crippen molar-refractivity contribution in [1.29, 1.82) is 5.41 Å². The van der Waals surface area contributed by atoms with Crippen molar-refractivity contribution in [2.24, 2.45) is 5.73 Å². The van der Waals surface area contributed by atoms with Gasteiger partial charge in [0.05, 0.1) is 24.2 Å².